The number of piperidine rings is 2. The van der Waals surface area contributed by atoms with Crippen molar-refractivity contribution in [3.63, 3.8) is 0 Å². The summed E-state index contributed by atoms with van der Waals surface area (Å²) in [5, 5.41) is 0. The van der Waals surface area contributed by atoms with Crippen LogP contribution in [0.3, 0.4) is 0 Å². The van der Waals surface area contributed by atoms with Crippen LogP contribution in [0, 0.1) is 5.92 Å². The largest absolute Gasteiger partial charge is 0.341 e. The van der Waals surface area contributed by atoms with Crippen molar-refractivity contribution in [2.24, 2.45) is 13.0 Å². The quantitative estimate of drug-likeness (QED) is 0.670. The SMILES string of the molecule is Cn1c([C@@H]2CCCCN2C(=O)C2CCN(c3ncccn3)CC2)nc2ccccc21. The van der Waals surface area contributed by atoms with E-state index in [9.17, 15) is 4.79 Å². The Bertz CT molecular complexity index is 1020. The number of hydrogen-bond donors (Lipinski definition) is 0. The molecule has 7 heteroatoms. The van der Waals surface area contributed by atoms with E-state index in [4.69, 9.17) is 4.98 Å². The summed E-state index contributed by atoms with van der Waals surface area (Å²) >= 11 is 0. The number of carbonyl (C=O) groups excluding carboxylic acids is 1. The predicted octanol–water partition coefficient (Wildman–Crippen LogP) is 3.33. The summed E-state index contributed by atoms with van der Waals surface area (Å²) in [6.07, 6.45) is 8.44. The third-order valence-electron chi connectivity index (χ3n) is 6.58. The maximum atomic E-state index is 13.5. The van der Waals surface area contributed by atoms with Crippen LogP contribution in [0.15, 0.2) is 42.7 Å². The number of aryl methyl sites for hydroxylation is 1. The van der Waals surface area contributed by atoms with E-state index >= 15 is 0 Å². The van der Waals surface area contributed by atoms with Crippen LogP contribution in [0.4, 0.5) is 5.95 Å². The molecular weight excluding hydrogens is 376 g/mol. The fourth-order valence-corrected chi connectivity index (χ4v) is 4.94. The molecule has 1 amide bonds. The summed E-state index contributed by atoms with van der Waals surface area (Å²) in [5.74, 6) is 2.14. The number of anilines is 1. The van der Waals surface area contributed by atoms with Crippen molar-refractivity contribution in [3.05, 3.63) is 48.5 Å². The van der Waals surface area contributed by atoms with Crippen LogP contribution < -0.4 is 4.90 Å². The van der Waals surface area contributed by atoms with E-state index in [1.54, 1.807) is 12.4 Å². The van der Waals surface area contributed by atoms with Crippen molar-refractivity contribution in [1.29, 1.82) is 0 Å². The van der Waals surface area contributed by atoms with Gasteiger partial charge in [-0.2, -0.15) is 0 Å². The Hall–Kier alpha value is -2.96. The molecule has 0 radical (unpaired) electrons. The van der Waals surface area contributed by atoms with Gasteiger partial charge < -0.3 is 14.4 Å². The Morgan fingerprint density at radius 3 is 2.50 bits per heavy atom. The topological polar surface area (TPSA) is 67.2 Å². The highest BCUT2D eigenvalue weighted by Crippen LogP contribution is 2.34. The van der Waals surface area contributed by atoms with Crippen LogP contribution in [-0.2, 0) is 11.8 Å². The molecule has 30 heavy (non-hydrogen) atoms. The molecule has 2 saturated heterocycles. The first kappa shape index (κ1) is 19.0. The highest BCUT2D eigenvalue weighted by molar-refractivity contribution is 5.80. The van der Waals surface area contributed by atoms with Crippen molar-refractivity contribution in [2.75, 3.05) is 24.5 Å². The molecule has 5 rings (SSSR count). The Kier molecular flexibility index (Phi) is 5.11. The molecule has 2 aliphatic heterocycles. The summed E-state index contributed by atoms with van der Waals surface area (Å²) in [4.78, 5) is 31.5. The molecule has 4 heterocycles. The zero-order valence-corrected chi connectivity index (χ0v) is 17.4. The average Bonchev–Trinajstić information content (AvgIpc) is 3.16. The van der Waals surface area contributed by atoms with E-state index in [2.05, 4.69) is 43.5 Å². The van der Waals surface area contributed by atoms with Gasteiger partial charge in [-0.1, -0.05) is 12.1 Å². The van der Waals surface area contributed by atoms with Gasteiger partial charge in [-0.15, -0.1) is 0 Å². The Labute approximate surface area is 176 Å². The molecule has 3 aromatic rings. The van der Waals surface area contributed by atoms with Crippen LogP contribution in [-0.4, -0.2) is 50.0 Å². The molecule has 0 bridgehead atoms. The summed E-state index contributed by atoms with van der Waals surface area (Å²) in [6.45, 7) is 2.48. The van der Waals surface area contributed by atoms with Crippen molar-refractivity contribution in [2.45, 2.75) is 38.1 Å². The van der Waals surface area contributed by atoms with Gasteiger partial charge in [0.05, 0.1) is 17.1 Å². The number of carbonyl (C=O) groups is 1. The zero-order valence-electron chi connectivity index (χ0n) is 17.4. The van der Waals surface area contributed by atoms with Crippen LogP contribution in [0.1, 0.15) is 44.0 Å². The maximum absolute atomic E-state index is 13.5. The van der Waals surface area contributed by atoms with Crippen molar-refractivity contribution in [3.8, 4) is 0 Å². The molecule has 0 N–H and O–H groups in total. The summed E-state index contributed by atoms with van der Waals surface area (Å²) in [5.41, 5.74) is 2.13. The molecule has 0 saturated carbocycles. The van der Waals surface area contributed by atoms with Crippen LogP contribution in [0.25, 0.3) is 11.0 Å². The highest BCUT2D eigenvalue weighted by Gasteiger charge is 2.36. The molecule has 1 aromatic carbocycles. The Balaban J connectivity index is 1.33. The minimum absolute atomic E-state index is 0.0686. The normalized spacial score (nSPS) is 20.6. The molecule has 2 fully saturated rings. The zero-order chi connectivity index (χ0) is 20.5. The van der Waals surface area contributed by atoms with E-state index < -0.39 is 0 Å². The number of hydrogen-bond acceptors (Lipinski definition) is 5. The standard InChI is InChI=1S/C23H28N6O/c1-27-19-8-3-2-7-18(19)26-21(27)20-9-4-5-14-29(20)22(30)17-10-15-28(16-11-17)23-24-12-6-13-25-23/h2-3,6-8,12-13,17,20H,4-5,9-11,14-16H2,1H3/t20-/m0/s1. The number of rotatable bonds is 3. The van der Waals surface area contributed by atoms with E-state index in [0.717, 1.165) is 74.5 Å². The van der Waals surface area contributed by atoms with Gasteiger partial charge >= 0.3 is 0 Å². The van der Waals surface area contributed by atoms with Gasteiger partial charge in [0.2, 0.25) is 11.9 Å². The third-order valence-corrected chi connectivity index (χ3v) is 6.58. The van der Waals surface area contributed by atoms with Crippen LogP contribution in [0.5, 0.6) is 0 Å². The summed E-state index contributed by atoms with van der Waals surface area (Å²) in [7, 11) is 2.07. The number of benzene rings is 1. The van der Waals surface area contributed by atoms with Gasteiger partial charge in [0.1, 0.15) is 5.82 Å². The van der Waals surface area contributed by atoms with Crippen molar-refractivity contribution < 1.29 is 4.79 Å². The lowest BCUT2D eigenvalue weighted by Gasteiger charge is -2.39. The van der Waals surface area contributed by atoms with E-state index in [0.29, 0.717) is 5.91 Å². The number of para-hydroxylation sites is 2. The molecule has 2 aromatic heterocycles. The fourth-order valence-electron chi connectivity index (χ4n) is 4.94. The Morgan fingerprint density at radius 2 is 1.73 bits per heavy atom. The van der Waals surface area contributed by atoms with Gasteiger partial charge in [-0.25, -0.2) is 15.0 Å². The first-order chi connectivity index (χ1) is 14.7. The Morgan fingerprint density at radius 1 is 0.967 bits per heavy atom. The van der Waals surface area contributed by atoms with Crippen molar-refractivity contribution >= 4 is 22.9 Å². The second kappa shape index (κ2) is 8.05. The number of likely N-dealkylation sites (tertiary alicyclic amines) is 1. The molecule has 7 nitrogen and oxygen atoms in total. The highest BCUT2D eigenvalue weighted by atomic mass is 16.2. The average molecular weight is 405 g/mol. The molecule has 0 spiro atoms. The molecule has 1 atom stereocenters. The lowest BCUT2D eigenvalue weighted by atomic mass is 9.92. The fraction of sp³-hybridized carbons (Fsp3) is 0.478. The molecular formula is C23H28N6O. The minimum atomic E-state index is 0.0686. The first-order valence-corrected chi connectivity index (χ1v) is 11.0. The molecule has 0 unspecified atom stereocenters. The van der Waals surface area contributed by atoms with Crippen molar-refractivity contribution in [1.82, 2.24) is 24.4 Å². The maximum Gasteiger partial charge on any atom is 0.226 e. The first-order valence-electron chi connectivity index (χ1n) is 11.0. The van der Waals surface area contributed by atoms with Gasteiger partial charge in [-0.05, 0) is 50.3 Å². The van der Waals surface area contributed by atoms with Crippen LogP contribution >= 0.6 is 0 Å². The lowest BCUT2D eigenvalue weighted by molar-refractivity contribution is -0.140. The van der Waals surface area contributed by atoms with E-state index in [1.807, 2.05) is 18.2 Å². The number of imidazole rings is 1. The van der Waals surface area contributed by atoms with Gasteiger partial charge in [0, 0.05) is 45.0 Å². The monoisotopic (exact) mass is 404 g/mol. The lowest BCUT2D eigenvalue weighted by Crippen LogP contribution is -2.46. The summed E-state index contributed by atoms with van der Waals surface area (Å²) in [6, 6.07) is 10.1. The second-order valence-electron chi connectivity index (χ2n) is 8.37. The van der Waals surface area contributed by atoms with Crippen LogP contribution in [0.2, 0.25) is 0 Å². The number of amides is 1. The van der Waals surface area contributed by atoms with Gasteiger partial charge in [0.15, 0.2) is 0 Å². The summed E-state index contributed by atoms with van der Waals surface area (Å²) < 4.78 is 2.17. The molecule has 0 aliphatic carbocycles. The number of nitrogens with zero attached hydrogens (tertiary/aromatic N) is 6. The third kappa shape index (κ3) is 3.42. The van der Waals surface area contributed by atoms with E-state index in [1.165, 1.54) is 0 Å². The smallest absolute Gasteiger partial charge is 0.226 e. The van der Waals surface area contributed by atoms with E-state index in [-0.39, 0.29) is 12.0 Å². The molecule has 156 valence electrons. The minimum Gasteiger partial charge on any atom is -0.341 e. The number of aromatic nitrogens is 4. The number of fused-ring (bicyclic) bond motifs is 1. The molecule has 2 aliphatic rings. The van der Waals surface area contributed by atoms with Gasteiger partial charge in [0.25, 0.3) is 0 Å². The van der Waals surface area contributed by atoms with Gasteiger partial charge in [-0.3, -0.25) is 4.79 Å². The predicted molar refractivity (Wildman–Crippen MR) is 116 cm³/mol. The second-order valence-corrected chi connectivity index (χ2v) is 8.37.